The second kappa shape index (κ2) is 16.6. The van der Waals surface area contributed by atoms with Gasteiger partial charge in [0.15, 0.2) is 5.82 Å². The van der Waals surface area contributed by atoms with Crippen molar-refractivity contribution in [2.45, 2.75) is 51.0 Å². The number of hydrogen-bond donors (Lipinski definition) is 1. The first-order valence-corrected chi connectivity index (χ1v) is 18.5. The van der Waals surface area contributed by atoms with E-state index in [-0.39, 0.29) is 23.5 Å². The predicted molar refractivity (Wildman–Crippen MR) is 200 cm³/mol. The second-order valence-electron chi connectivity index (χ2n) is 14.4. The number of nitro benzene ring substituents is 1. The van der Waals surface area contributed by atoms with Gasteiger partial charge in [-0.05, 0) is 85.6 Å². The van der Waals surface area contributed by atoms with Gasteiger partial charge in [-0.1, -0.05) is 54.6 Å². The summed E-state index contributed by atoms with van der Waals surface area (Å²) < 4.78 is 35.2. The molecule has 10 nitrogen and oxygen atoms in total. The lowest BCUT2D eigenvalue weighted by Gasteiger charge is -2.35. The van der Waals surface area contributed by atoms with Crippen molar-refractivity contribution >= 4 is 23.3 Å². The number of non-ortho nitro benzene ring substituents is 1. The lowest BCUT2D eigenvalue weighted by molar-refractivity contribution is -0.385. The summed E-state index contributed by atoms with van der Waals surface area (Å²) in [6.45, 7) is 4.08. The molecule has 3 heterocycles. The number of aromatic nitrogens is 2. The van der Waals surface area contributed by atoms with E-state index < -0.39 is 16.6 Å². The van der Waals surface area contributed by atoms with Crippen LogP contribution >= 0.6 is 0 Å². The van der Waals surface area contributed by atoms with E-state index in [0.717, 1.165) is 68.1 Å². The van der Waals surface area contributed by atoms with Gasteiger partial charge in [0.25, 0.3) is 5.69 Å². The zero-order valence-electron chi connectivity index (χ0n) is 29.6. The Morgan fingerprint density at radius 1 is 0.868 bits per heavy atom. The number of nitro groups is 1. The van der Waals surface area contributed by atoms with Crippen molar-refractivity contribution in [3.8, 4) is 22.4 Å². The fourth-order valence-electron chi connectivity index (χ4n) is 7.73. The number of anilines is 1. The monoisotopic (exact) mass is 722 g/mol. The highest BCUT2D eigenvalue weighted by Crippen LogP contribution is 2.33. The third-order valence-corrected chi connectivity index (χ3v) is 10.8. The average Bonchev–Trinajstić information content (AvgIpc) is 3.19. The number of carbonyl (C=O) groups is 1. The molecule has 7 rings (SSSR count). The fraction of sp³-hybridized carbons (Fsp3) is 0.390. The molecule has 4 aromatic rings. The number of carbonyl (C=O) groups excluding carboxylic acids is 1. The van der Waals surface area contributed by atoms with Crippen LogP contribution in [0.2, 0.25) is 0 Å². The van der Waals surface area contributed by atoms with Crippen molar-refractivity contribution in [1.29, 1.82) is 0 Å². The van der Waals surface area contributed by atoms with E-state index in [1.165, 1.54) is 18.3 Å². The van der Waals surface area contributed by atoms with E-state index >= 15 is 0 Å². The quantitative estimate of drug-likeness (QED) is 0.128. The molecule has 3 aliphatic rings. The summed E-state index contributed by atoms with van der Waals surface area (Å²) in [6.07, 6.45) is 9.28. The highest BCUT2D eigenvalue weighted by atomic mass is 19.1. The summed E-state index contributed by atoms with van der Waals surface area (Å²) in [5.41, 5.74) is 4.05. The number of nitrogens with one attached hydrogen (secondary N) is 1. The number of nitrogens with zero attached hydrogens (tertiary/aromatic N) is 5. The number of halogens is 2. The third-order valence-electron chi connectivity index (χ3n) is 10.8. The molecule has 2 aliphatic heterocycles. The maximum absolute atomic E-state index is 14.9. The minimum atomic E-state index is -0.582. The van der Waals surface area contributed by atoms with Crippen LogP contribution in [0, 0.1) is 33.6 Å². The molecule has 1 aliphatic carbocycles. The third kappa shape index (κ3) is 9.05. The first-order chi connectivity index (χ1) is 25.8. The Kier molecular flexibility index (Phi) is 11.3. The number of hydrogen-bond acceptors (Lipinski definition) is 8. The van der Waals surface area contributed by atoms with Crippen molar-refractivity contribution in [2.24, 2.45) is 11.8 Å². The van der Waals surface area contributed by atoms with E-state index in [9.17, 15) is 23.7 Å². The van der Waals surface area contributed by atoms with E-state index in [4.69, 9.17) is 4.74 Å². The molecule has 0 radical (unpaired) electrons. The number of ether oxygens (including phenoxy) is 1. The Hall–Kier alpha value is -5.23. The minimum absolute atomic E-state index is 0.0498. The largest absolute Gasteiger partial charge is 0.449 e. The zero-order valence-corrected chi connectivity index (χ0v) is 29.6. The van der Waals surface area contributed by atoms with Gasteiger partial charge in [-0.25, -0.2) is 23.5 Å². The molecule has 53 heavy (non-hydrogen) atoms. The maximum atomic E-state index is 14.9. The van der Waals surface area contributed by atoms with Crippen LogP contribution in [0.3, 0.4) is 0 Å². The normalized spacial score (nSPS) is 19.7. The van der Waals surface area contributed by atoms with Gasteiger partial charge < -0.3 is 15.0 Å². The summed E-state index contributed by atoms with van der Waals surface area (Å²) in [5.74, 6) is 0.252. The molecule has 1 saturated carbocycles. The average molecular weight is 723 g/mol. The number of piperidine rings is 1. The van der Waals surface area contributed by atoms with Crippen molar-refractivity contribution in [3.63, 3.8) is 0 Å². The molecule has 2 fully saturated rings. The number of rotatable bonds is 10. The molecule has 12 heteroatoms. The van der Waals surface area contributed by atoms with Crippen LogP contribution in [0.25, 0.3) is 28.0 Å². The number of benzene rings is 3. The Labute approximate surface area is 308 Å². The smallest absolute Gasteiger partial charge is 0.409 e. The lowest BCUT2D eigenvalue weighted by Crippen LogP contribution is -2.43. The van der Waals surface area contributed by atoms with Crippen LogP contribution in [-0.4, -0.2) is 76.2 Å². The Morgan fingerprint density at radius 2 is 1.60 bits per heavy atom. The number of amides is 1. The van der Waals surface area contributed by atoms with Crippen LogP contribution in [-0.2, 0) is 4.74 Å². The van der Waals surface area contributed by atoms with E-state index in [1.807, 2.05) is 60.7 Å². The minimum Gasteiger partial charge on any atom is -0.449 e. The van der Waals surface area contributed by atoms with Crippen LogP contribution in [0.4, 0.5) is 25.2 Å². The van der Waals surface area contributed by atoms with Gasteiger partial charge >= 0.3 is 6.09 Å². The van der Waals surface area contributed by atoms with Gasteiger partial charge in [0.1, 0.15) is 11.5 Å². The highest BCUT2D eigenvalue weighted by molar-refractivity contribution is 5.72. The molecule has 3 aromatic carbocycles. The molecule has 0 spiro atoms. The van der Waals surface area contributed by atoms with Gasteiger partial charge in [-0.2, -0.15) is 0 Å². The summed E-state index contributed by atoms with van der Waals surface area (Å²) >= 11 is 0. The highest BCUT2D eigenvalue weighted by Gasteiger charge is 2.28. The first-order valence-electron chi connectivity index (χ1n) is 18.5. The Balaban J connectivity index is 0.817. The van der Waals surface area contributed by atoms with E-state index in [2.05, 4.69) is 20.2 Å². The molecule has 276 valence electrons. The summed E-state index contributed by atoms with van der Waals surface area (Å²) in [5, 5.41) is 14.3. The van der Waals surface area contributed by atoms with Crippen molar-refractivity contribution in [3.05, 3.63) is 112 Å². The molecule has 1 saturated heterocycles. The van der Waals surface area contributed by atoms with Crippen molar-refractivity contribution in [1.82, 2.24) is 19.8 Å². The van der Waals surface area contributed by atoms with Gasteiger partial charge in [0, 0.05) is 56.0 Å². The van der Waals surface area contributed by atoms with Crippen LogP contribution in [0.5, 0.6) is 0 Å². The first kappa shape index (κ1) is 36.1. The Bertz CT molecular complexity index is 1940. The maximum Gasteiger partial charge on any atom is 0.409 e. The van der Waals surface area contributed by atoms with Gasteiger partial charge in [-0.3, -0.25) is 15.0 Å². The Morgan fingerprint density at radius 3 is 2.32 bits per heavy atom. The summed E-state index contributed by atoms with van der Waals surface area (Å²) in [4.78, 5) is 36.2. The standard InChI is InChI=1S/C41H44F2N6O4/c42-37-24-35(49(51)52)13-14-36(37)31-15-19-47(20-16-31)26-28-9-11-29(12-10-28)27-53-41(50)48-21-17-34(18-22-48)45-40-44-25-38(43)39(46-40)33-8-4-7-32(23-33)30-5-2-1-3-6-30/h1-8,13-15,23-25,28-29,34H,9-12,16-22,26-27H2,(H,44,45,46)/t28-,29-. The van der Waals surface area contributed by atoms with Gasteiger partial charge in [0.2, 0.25) is 5.95 Å². The van der Waals surface area contributed by atoms with Crippen LogP contribution < -0.4 is 5.32 Å². The SMILES string of the molecule is O=C(OC[C@H]1CC[C@H](CN2CC=C(c3ccc([N+](=O)[O-])cc3F)CC2)CC1)N1CCC(Nc2ncc(F)c(-c3cccc(-c4ccccc4)c3)n2)CC1. The lowest BCUT2D eigenvalue weighted by atomic mass is 9.82. The van der Waals surface area contributed by atoms with Crippen molar-refractivity contribution < 1.29 is 23.2 Å². The second-order valence-corrected chi connectivity index (χ2v) is 14.4. The van der Waals surface area contributed by atoms with Crippen LogP contribution in [0.1, 0.15) is 50.5 Å². The molecule has 0 unspecified atom stereocenters. The predicted octanol–water partition coefficient (Wildman–Crippen LogP) is 8.61. The molecular formula is C41H44F2N6O4. The molecule has 0 atom stereocenters. The molecule has 1 amide bonds. The van der Waals surface area contributed by atoms with Gasteiger partial charge in [0.05, 0.1) is 23.8 Å². The molecule has 1 N–H and O–H groups in total. The summed E-state index contributed by atoms with van der Waals surface area (Å²) in [7, 11) is 0. The van der Waals surface area contributed by atoms with Crippen LogP contribution in [0.15, 0.2) is 85.1 Å². The number of likely N-dealkylation sites (tertiary alicyclic amines) is 1. The van der Waals surface area contributed by atoms with Crippen molar-refractivity contribution in [2.75, 3.05) is 44.6 Å². The topological polar surface area (TPSA) is 114 Å². The molecular weight excluding hydrogens is 678 g/mol. The van der Waals surface area contributed by atoms with Gasteiger partial charge in [-0.15, -0.1) is 0 Å². The summed E-state index contributed by atoms with van der Waals surface area (Å²) in [6, 6.07) is 21.5. The molecule has 1 aromatic heterocycles. The molecule has 0 bridgehead atoms. The fourth-order valence-corrected chi connectivity index (χ4v) is 7.73. The van der Waals surface area contributed by atoms with E-state index in [1.54, 1.807) is 4.90 Å². The van der Waals surface area contributed by atoms with E-state index in [0.29, 0.717) is 67.9 Å². The zero-order chi connectivity index (χ0) is 36.7.